The Morgan fingerprint density at radius 3 is 2.72 bits per heavy atom. The second-order valence-electron chi connectivity index (χ2n) is 6.55. The number of anilines is 1. The van der Waals surface area contributed by atoms with Gasteiger partial charge < -0.3 is 10.2 Å². The van der Waals surface area contributed by atoms with Gasteiger partial charge in [0.05, 0.1) is 5.69 Å². The average Bonchev–Trinajstić information content (AvgIpc) is 3.03. The van der Waals surface area contributed by atoms with Crippen LogP contribution < -0.4 is 5.32 Å². The van der Waals surface area contributed by atoms with Gasteiger partial charge in [0, 0.05) is 24.3 Å². The summed E-state index contributed by atoms with van der Waals surface area (Å²) in [6, 6.07) is 7.52. The first-order chi connectivity index (χ1) is 12.0. The van der Waals surface area contributed by atoms with E-state index in [0.717, 1.165) is 23.2 Å². The van der Waals surface area contributed by atoms with Gasteiger partial charge in [-0.1, -0.05) is 38.1 Å². The van der Waals surface area contributed by atoms with Crippen molar-refractivity contribution in [1.29, 1.82) is 0 Å². The number of benzene rings is 1. The minimum absolute atomic E-state index is 0.0347. The van der Waals surface area contributed by atoms with Gasteiger partial charge in [-0.25, -0.2) is 4.98 Å². The summed E-state index contributed by atoms with van der Waals surface area (Å²) in [5.41, 5.74) is 3.13. The van der Waals surface area contributed by atoms with E-state index in [1.807, 2.05) is 50.4 Å². The molecule has 3 rings (SSSR count). The second-order valence-corrected chi connectivity index (χ2v) is 7.41. The summed E-state index contributed by atoms with van der Waals surface area (Å²) in [5.74, 6) is -0.226. The molecule has 2 aromatic rings. The SMILES string of the molecule is CC[C@@H](C)C(=O)N1Cc2ccccc2C[C@@H]1C(=O)Nc1nc(C)cs1. The van der Waals surface area contributed by atoms with Crippen LogP contribution in [-0.2, 0) is 22.6 Å². The molecular weight excluding hydrogens is 334 g/mol. The first-order valence-corrected chi connectivity index (χ1v) is 9.47. The van der Waals surface area contributed by atoms with Crippen molar-refractivity contribution < 1.29 is 9.59 Å². The van der Waals surface area contributed by atoms with Crippen molar-refractivity contribution >= 4 is 28.3 Å². The fourth-order valence-electron chi connectivity index (χ4n) is 3.05. The number of fused-ring (bicyclic) bond motifs is 1. The summed E-state index contributed by atoms with van der Waals surface area (Å²) in [5, 5.41) is 5.36. The molecule has 1 N–H and O–H groups in total. The molecule has 1 aromatic heterocycles. The van der Waals surface area contributed by atoms with E-state index < -0.39 is 6.04 Å². The van der Waals surface area contributed by atoms with E-state index >= 15 is 0 Å². The lowest BCUT2D eigenvalue weighted by molar-refractivity contribution is -0.143. The highest BCUT2D eigenvalue weighted by Gasteiger charge is 2.36. The predicted octanol–water partition coefficient (Wildman–Crippen LogP) is 3.39. The number of hydrogen-bond donors (Lipinski definition) is 1. The van der Waals surface area contributed by atoms with Crippen molar-refractivity contribution in [3.8, 4) is 0 Å². The van der Waals surface area contributed by atoms with Crippen molar-refractivity contribution in [3.63, 3.8) is 0 Å². The van der Waals surface area contributed by atoms with Crippen molar-refractivity contribution in [1.82, 2.24) is 9.88 Å². The lowest BCUT2D eigenvalue weighted by Gasteiger charge is -2.37. The van der Waals surface area contributed by atoms with E-state index in [1.165, 1.54) is 11.3 Å². The van der Waals surface area contributed by atoms with Crippen molar-refractivity contribution in [2.45, 2.75) is 46.2 Å². The third-order valence-electron chi connectivity index (χ3n) is 4.72. The smallest absolute Gasteiger partial charge is 0.249 e. The quantitative estimate of drug-likeness (QED) is 0.912. The minimum Gasteiger partial charge on any atom is -0.326 e. The Morgan fingerprint density at radius 2 is 2.08 bits per heavy atom. The van der Waals surface area contributed by atoms with Gasteiger partial charge in [0.1, 0.15) is 6.04 Å². The molecule has 132 valence electrons. The normalized spacial score (nSPS) is 17.7. The highest BCUT2D eigenvalue weighted by Crippen LogP contribution is 2.26. The number of aryl methyl sites for hydroxylation is 1. The third kappa shape index (κ3) is 3.74. The van der Waals surface area contributed by atoms with Crippen molar-refractivity contribution in [3.05, 3.63) is 46.5 Å². The number of hydrogen-bond acceptors (Lipinski definition) is 4. The molecule has 5 nitrogen and oxygen atoms in total. The number of carbonyl (C=O) groups is 2. The van der Waals surface area contributed by atoms with Crippen LogP contribution in [0.25, 0.3) is 0 Å². The molecule has 0 saturated heterocycles. The molecule has 6 heteroatoms. The molecule has 2 atom stereocenters. The largest absolute Gasteiger partial charge is 0.326 e. The highest BCUT2D eigenvalue weighted by atomic mass is 32.1. The first-order valence-electron chi connectivity index (χ1n) is 8.59. The summed E-state index contributed by atoms with van der Waals surface area (Å²) in [6.07, 6.45) is 1.30. The molecule has 2 heterocycles. The van der Waals surface area contributed by atoms with Crippen LogP contribution in [0.4, 0.5) is 5.13 Å². The molecule has 0 spiro atoms. The molecule has 0 fully saturated rings. The van der Waals surface area contributed by atoms with Gasteiger partial charge in [-0.15, -0.1) is 11.3 Å². The van der Waals surface area contributed by atoms with Crippen LogP contribution in [0.2, 0.25) is 0 Å². The molecule has 0 unspecified atom stereocenters. The maximum Gasteiger partial charge on any atom is 0.249 e. The van der Waals surface area contributed by atoms with E-state index in [4.69, 9.17) is 0 Å². The van der Waals surface area contributed by atoms with Crippen LogP contribution >= 0.6 is 11.3 Å². The monoisotopic (exact) mass is 357 g/mol. The standard InChI is InChI=1S/C19H23N3O2S/c1-4-12(2)18(24)22-10-15-8-6-5-7-14(15)9-16(22)17(23)21-19-20-13(3)11-25-19/h5-8,11-12,16H,4,9-10H2,1-3H3,(H,20,21,23)/t12-,16-/m1/s1. The van der Waals surface area contributed by atoms with Crippen LogP contribution in [-0.4, -0.2) is 27.7 Å². The molecular formula is C19H23N3O2S. The van der Waals surface area contributed by atoms with E-state index in [9.17, 15) is 9.59 Å². The zero-order chi connectivity index (χ0) is 18.0. The van der Waals surface area contributed by atoms with Gasteiger partial charge in [-0.05, 0) is 24.5 Å². The number of thiazole rings is 1. The number of rotatable bonds is 4. The highest BCUT2D eigenvalue weighted by molar-refractivity contribution is 7.13. The Kier molecular flexibility index (Phi) is 5.18. The molecule has 2 amide bonds. The van der Waals surface area contributed by atoms with E-state index in [1.54, 1.807) is 4.90 Å². The van der Waals surface area contributed by atoms with Gasteiger partial charge in [0.25, 0.3) is 0 Å². The minimum atomic E-state index is -0.499. The van der Waals surface area contributed by atoms with Crippen LogP contribution in [0.15, 0.2) is 29.6 Å². The zero-order valence-corrected chi connectivity index (χ0v) is 15.6. The second kappa shape index (κ2) is 7.35. The van der Waals surface area contributed by atoms with Crippen LogP contribution in [0.5, 0.6) is 0 Å². The van der Waals surface area contributed by atoms with Gasteiger partial charge in [0.2, 0.25) is 11.8 Å². The van der Waals surface area contributed by atoms with Gasteiger partial charge >= 0.3 is 0 Å². The number of nitrogens with zero attached hydrogens (tertiary/aromatic N) is 2. The maximum atomic E-state index is 12.9. The fraction of sp³-hybridized carbons (Fsp3) is 0.421. The van der Waals surface area contributed by atoms with Crippen LogP contribution in [0, 0.1) is 12.8 Å². The van der Waals surface area contributed by atoms with Gasteiger partial charge in [-0.2, -0.15) is 0 Å². The zero-order valence-electron chi connectivity index (χ0n) is 14.8. The summed E-state index contributed by atoms with van der Waals surface area (Å²) < 4.78 is 0. The molecule has 0 radical (unpaired) electrons. The lowest BCUT2D eigenvalue weighted by atomic mass is 9.92. The van der Waals surface area contributed by atoms with Crippen molar-refractivity contribution in [2.75, 3.05) is 5.32 Å². The van der Waals surface area contributed by atoms with E-state index in [-0.39, 0.29) is 17.7 Å². The Balaban J connectivity index is 1.87. The molecule has 0 bridgehead atoms. The topological polar surface area (TPSA) is 62.3 Å². The van der Waals surface area contributed by atoms with Crippen molar-refractivity contribution in [2.24, 2.45) is 5.92 Å². The molecule has 0 saturated carbocycles. The number of carbonyl (C=O) groups excluding carboxylic acids is 2. The Hall–Kier alpha value is -2.21. The summed E-state index contributed by atoms with van der Waals surface area (Å²) in [7, 11) is 0. The molecule has 1 aromatic carbocycles. The first kappa shape index (κ1) is 17.6. The molecule has 1 aliphatic heterocycles. The maximum absolute atomic E-state index is 12.9. The number of aromatic nitrogens is 1. The Bertz CT molecular complexity index is 786. The predicted molar refractivity (Wildman–Crippen MR) is 99.4 cm³/mol. The lowest BCUT2D eigenvalue weighted by Crippen LogP contribution is -2.52. The summed E-state index contributed by atoms with van der Waals surface area (Å²) >= 11 is 1.40. The molecule has 0 aliphatic carbocycles. The number of nitrogens with one attached hydrogen (secondary N) is 1. The third-order valence-corrected chi connectivity index (χ3v) is 5.59. The molecule has 1 aliphatic rings. The van der Waals surface area contributed by atoms with E-state index in [2.05, 4.69) is 10.3 Å². The van der Waals surface area contributed by atoms with E-state index in [0.29, 0.717) is 18.1 Å². The fourth-order valence-corrected chi connectivity index (χ4v) is 3.74. The summed E-state index contributed by atoms with van der Waals surface area (Å²) in [6.45, 7) is 6.28. The Morgan fingerprint density at radius 1 is 1.36 bits per heavy atom. The van der Waals surface area contributed by atoms with Crippen LogP contribution in [0.3, 0.4) is 0 Å². The van der Waals surface area contributed by atoms with Gasteiger partial charge in [0.15, 0.2) is 5.13 Å². The summed E-state index contributed by atoms with van der Waals surface area (Å²) in [4.78, 5) is 31.7. The molecule has 25 heavy (non-hydrogen) atoms. The Labute approximate surface area is 152 Å². The average molecular weight is 357 g/mol. The van der Waals surface area contributed by atoms with Gasteiger partial charge in [-0.3, -0.25) is 9.59 Å². The number of amides is 2. The van der Waals surface area contributed by atoms with Crippen LogP contribution in [0.1, 0.15) is 37.1 Å².